The van der Waals surface area contributed by atoms with Crippen LogP contribution >= 0.6 is 11.9 Å². The molecule has 3 rings (SSSR count). The standard InChI is InChI=1S/C17H16N2OS/c1-2-17(20)18-15-7-9-16(10-8-15)21-19-11-13-5-3-4-6-14(13)12-19/h2-10H,1,11-12H2,(H,18,20). The van der Waals surface area contributed by atoms with Crippen LogP contribution in [0.2, 0.25) is 0 Å². The molecule has 4 heteroatoms. The Hall–Kier alpha value is -2.04. The largest absolute Gasteiger partial charge is 0.323 e. The number of rotatable bonds is 4. The number of nitrogens with zero attached hydrogens (tertiary/aromatic N) is 1. The second-order valence-electron chi connectivity index (χ2n) is 4.88. The van der Waals surface area contributed by atoms with E-state index >= 15 is 0 Å². The van der Waals surface area contributed by atoms with Gasteiger partial charge < -0.3 is 5.32 Å². The van der Waals surface area contributed by atoms with Gasteiger partial charge in [0.1, 0.15) is 0 Å². The number of amides is 1. The van der Waals surface area contributed by atoms with Crippen LogP contribution in [0.1, 0.15) is 11.1 Å². The van der Waals surface area contributed by atoms with Crippen LogP contribution in [0.3, 0.4) is 0 Å². The van der Waals surface area contributed by atoms with E-state index in [1.807, 2.05) is 24.3 Å². The second kappa shape index (κ2) is 6.16. The van der Waals surface area contributed by atoms with Crippen LogP contribution in [0.4, 0.5) is 5.69 Å². The maximum absolute atomic E-state index is 11.2. The first kappa shape index (κ1) is 13.9. The Bertz CT molecular complexity index is 642. The molecule has 0 bridgehead atoms. The number of hydrogen-bond acceptors (Lipinski definition) is 3. The third kappa shape index (κ3) is 3.35. The molecule has 0 radical (unpaired) electrons. The van der Waals surface area contributed by atoms with Gasteiger partial charge in [-0.15, -0.1) is 0 Å². The van der Waals surface area contributed by atoms with Gasteiger partial charge in [0.25, 0.3) is 0 Å². The Morgan fingerprint density at radius 2 is 1.71 bits per heavy atom. The Balaban J connectivity index is 1.62. The molecule has 3 nitrogen and oxygen atoms in total. The Morgan fingerprint density at radius 1 is 1.10 bits per heavy atom. The molecule has 0 unspecified atom stereocenters. The summed E-state index contributed by atoms with van der Waals surface area (Å²) in [5.41, 5.74) is 3.59. The summed E-state index contributed by atoms with van der Waals surface area (Å²) in [6, 6.07) is 16.4. The minimum Gasteiger partial charge on any atom is -0.323 e. The quantitative estimate of drug-likeness (QED) is 0.687. The SMILES string of the molecule is C=CC(=O)Nc1ccc(SN2Cc3ccccc3C2)cc1. The van der Waals surface area contributed by atoms with Crippen molar-refractivity contribution in [2.45, 2.75) is 18.0 Å². The van der Waals surface area contributed by atoms with E-state index in [-0.39, 0.29) is 5.91 Å². The molecule has 1 heterocycles. The van der Waals surface area contributed by atoms with Gasteiger partial charge in [0, 0.05) is 23.7 Å². The van der Waals surface area contributed by atoms with E-state index in [0.717, 1.165) is 18.8 Å². The summed E-state index contributed by atoms with van der Waals surface area (Å²) >= 11 is 1.74. The molecule has 1 amide bonds. The van der Waals surface area contributed by atoms with E-state index in [9.17, 15) is 4.79 Å². The minimum absolute atomic E-state index is 0.189. The van der Waals surface area contributed by atoms with Gasteiger partial charge in [-0.3, -0.25) is 4.79 Å². The predicted octanol–water partition coefficient (Wildman–Crippen LogP) is 3.83. The van der Waals surface area contributed by atoms with Crippen LogP contribution < -0.4 is 5.32 Å². The highest BCUT2D eigenvalue weighted by Gasteiger charge is 2.18. The van der Waals surface area contributed by atoms with Crippen molar-refractivity contribution in [2.24, 2.45) is 0 Å². The summed E-state index contributed by atoms with van der Waals surface area (Å²) in [6.07, 6.45) is 1.27. The molecule has 2 aromatic rings. The van der Waals surface area contributed by atoms with Gasteiger partial charge in [-0.2, -0.15) is 0 Å². The van der Waals surface area contributed by atoms with Gasteiger partial charge >= 0.3 is 0 Å². The Labute approximate surface area is 128 Å². The molecule has 1 N–H and O–H groups in total. The van der Waals surface area contributed by atoms with E-state index < -0.39 is 0 Å². The van der Waals surface area contributed by atoms with Gasteiger partial charge in [0.15, 0.2) is 0 Å². The first-order valence-corrected chi connectivity index (χ1v) is 7.55. The van der Waals surface area contributed by atoms with Crippen molar-refractivity contribution >= 4 is 23.5 Å². The number of carbonyl (C=O) groups is 1. The molecule has 21 heavy (non-hydrogen) atoms. The minimum atomic E-state index is -0.189. The topological polar surface area (TPSA) is 32.3 Å². The lowest BCUT2D eigenvalue weighted by molar-refractivity contribution is -0.111. The molecule has 1 aliphatic rings. The lowest BCUT2D eigenvalue weighted by Gasteiger charge is -2.13. The highest BCUT2D eigenvalue weighted by Crippen LogP contribution is 2.32. The fourth-order valence-corrected chi connectivity index (χ4v) is 3.27. The van der Waals surface area contributed by atoms with Crippen molar-refractivity contribution in [2.75, 3.05) is 5.32 Å². The zero-order valence-corrected chi connectivity index (χ0v) is 12.4. The molecule has 0 saturated heterocycles. The summed E-state index contributed by atoms with van der Waals surface area (Å²) < 4.78 is 2.34. The van der Waals surface area contributed by atoms with Crippen molar-refractivity contribution < 1.29 is 4.79 Å². The fraction of sp³-hybridized carbons (Fsp3) is 0.118. The normalized spacial score (nSPS) is 13.7. The summed E-state index contributed by atoms with van der Waals surface area (Å²) in [5.74, 6) is -0.189. The highest BCUT2D eigenvalue weighted by molar-refractivity contribution is 7.97. The van der Waals surface area contributed by atoms with E-state index in [4.69, 9.17) is 0 Å². The zero-order chi connectivity index (χ0) is 14.7. The van der Waals surface area contributed by atoms with Crippen molar-refractivity contribution in [3.63, 3.8) is 0 Å². The number of hydrogen-bond donors (Lipinski definition) is 1. The molecular weight excluding hydrogens is 280 g/mol. The van der Waals surface area contributed by atoms with Crippen LogP contribution in [0.15, 0.2) is 66.1 Å². The lowest BCUT2D eigenvalue weighted by Crippen LogP contribution is -2.07. The Morgan fingerprint density at radius 3 is 2.29 bits per heavy atom. The van der Waals surface area contributed by atoms with Crippen LogP contribution in [-0.2, 0) is 17.9 Å². The average Bonchev–Trinajstić information content (AvgIpc) is 2.91. The smallest absolute Gasteiger partial charge is 0.247 e. The number of benzene rings is 2. The van der Waals surface area contributed by atoms with Crippen LogP contribution in [-0.4, -0.2) is 10.2 Å². The number of anilines is 1. The summed E-state index contributed by atoms with van der Waals surface area (Å²) in [6.45, 7) is 5.38. The van der Waals surface area contributed by atoms with Gasteiger partial charge in [-0.05, 0) is 53.4 Å². The Kier molecular flexibility index (Phi) is 4.08. The van der Waals surface area contributed by atoms with Crippen molar-refractivity contribution in [3.05, 3.63) is 72.3 Å². The number of nitrogens with one attached hydrogen (secondary N) is 1. The van der Waals surface area contributed by atoms with Crippen LogP contribution in [0.5, 0.6) is 0 Å². The first-order valence-electron chi connectivity index (χ1n) is 6.78. The third-order valence-corrected chi connectivity index (χ3v) is 4.35. The van der Waals surface area contributed by atoms with Crippen molar-refractivity contribution in [1.82, 2.24) is 4.31 Å². The number of carbonyl (C=O) groups excluding carboxylic acids is 1. The van der Waals surface area contributed by atoms with E-state index in [0.29, 0.717) is 0 Å². The van der Waals surface area contributed by atoms with Crippen LogP contribution in [0, 0.1) is 0 Å². The van der Waals surface area contributed by atoms with E-state index in [2.05, 4.69) is 40.5 Å². The van der Waals surface area contributed by atoms with Gasteiger partial charge in [-0.1, -0.05) is 30.8 Å². The molecule has 0 fully saturated rings. The van der Waals surface area contributed by atoms with E-state index in [1.165, 1.54) is 22.1 Å². The van der Waals surface area contributed by atoms with Gasteiger partial charge in [0.2, 0.25) is 5.91 Å². The van der Waals surface area contributed by atoms with Gasteiger partial charge in [0.05, 0.1) is 0 Å². The van der Waals surface area contributed by atoms with Crippen molar-refractivity contribution in [1.29, 1.82) is 0 Å². The highest BCUT2D eigenvalue weighted by atomic mass is 32.2. The molecular formula is C17H16N2OS. The molecule has 0 atom stereocenters. The van der Waals surface area contributed by atoms with Crippen LogP contribution in [0.25, 0.3) is 0 Å². The molecule has 1 aliphatic heterocycles. The molecule has 2 aromatic carbocycles. The third-order valence-electron chi connectivity index (χ3n) is 3.35. The molecule has 0 aromatic heterocycles. The maximum Gasteiger partial charge on any atom is 0.247 e. The summed E-state index contributed by atoms with van der Waals surface area (Å²) in [4.78, 5) is 12.4. The molecule has 0 saturated carbocycles. The average molecular weight is 296 g/mol. The van der Waals surface area contributed by atoms with E-state index in [1.54, 1.807) is 11.9 Å². The molecule has 0 spiro atoms. The zero-order valence-electron chi connectivity index (χ0n) is 11.6. The molecule has 0 aliphatic carbocycles. The maximum atomic E-state index is 11.2. The predicted molar refractivity (Wildman–Crippen MR) is 86.8 cm³/mol. The van der Waals surface area contributed by atoms with Gasteiger partial charge in [-0.25, -0.2) is 4.31 Å². The first-order chi connectivity index (χ1) is 10.2. The monoisotopic (exact) mass is 296 g/mol. The lowest BCUT2D eigenvalue weighted by atomic mass is 10.1. The fourth-order valence-electron chi connectivity index (χ4n) is 2.31. The molecule has 106 valence electrons. The number of fused-ring (bicyclic) bond motifs is 1. The second-order valence-corrected chi connectivity index (χ2v) is 6.05. The van der Waals surface area contributed by atoms with Crippen molar-refractivity contribution in [3.8, 4) is 0 Å². The summed E-state index contributed by atoms with van der Waals surface area (Å²) in [5, 5.41) is 2.75. The summed E-state index contributed by atoms with van der Waals surface area (Å²) in [7, 11) is 0.